The first-order valence-electron chi connectivity index (χ1n) is 11.1. The van der Waals surface area contributed by atoms with Crippen LogP contribution < -0.4 is 10.2 Å². The van der Waals surface area contributed by atoms with Gasteiger partial charge in [0.25, 0.3) is 0 Å². The van der Waals surface area contributed by atoms with Crippen LogP contribution in [0.25, 0.3) is 10.9 Å². The van der Waals surface area contributed by atoms with Gasteiger partial charge in [-0.25, -0.2) is 0 Å². The van der Waals surface area contributed by atoms with Crippen molar-refractivity contribution in [2.24, 2.45) is 0 Å². The molecular weight excluding hydrogens is 414 g/mol. The molecule has 0 radical (unpaired) electrons. The number of nitriles is 1. The first kappa shape index (κ1) is 21.0. The number of hydrogen-bond donors (Lipinski definition) is 1. The molecule has 1 aliphatic heterocycles. The Balaban J connectivity index is 1.44. The monoisotopic (exact) mass is 439 g/mol. The van der Waals surface area contributed by atoms with Crippen LogP contribution in [0.1, 0.15) is 27.9 Å². The highest BCUT2D eigenvalue weighted by Crippen LogP contribution is 2.36. The molecule has 2 amide bonds. The average molecular weight is 440 g/mol. The van der Waals surface area contributed by atoms with Gasteiger partial charge in [-0.3, -0.25) is 14.6 Å². The van der Waals surface area contributed by atoms with Gasteiger partial charge in [-0.2, -0.15) is 5.26 Å². The quantitative estimate of drug-likeness (QED) is 0.617. The first-order chi connectivity index (χ1) is 16.0. The third kappa shape index (κ3) is 3.39. The van der Waals surface area contributed by atoms with Gasteiger partial charge in [0.1, 0.15) is 5.54 Å². The predicted molar refractivity (Wildman–Crippen MR) is 126 cm³/mol. The maximum Gasteiger partial charge on any atom is 0.246 e. The van der Waals surface area contributed by atoms with E-state index in [2.05, 4.69) is 40.6 Å². The van der Waals surface area contributed by atoms with E-state index in [0.29, 0.717) is 24.9 Å². The molecule has 7 nitrogen and oxygen atoms in total. The molecular formula is C26H25N5O2. The normalized spacial score (nSPS) is 18.5. The number of benzene rings is 2. The van der Waals surface area contributed by atoms with Gasteiger partial charge in [0.15, 0.2) is 0 Å². The highest BCUT2D eigenvalue weighted by Gasteiger charge is 2.46. The number of anilines is 1. The molecule has 0 bridgehead atoms. The fourth-order valence-electron chi connectivity index (χ4n) is 5.22. The summed E-state index contributed by atoms with van der Waals surface area (Å²) in [6, 6.07) is 16.4. The van der Waals surface area contributed by atoms with Crippen LogP contribution in [0.5, 0.6) is 0 Å². The van der Waals surface area contributed by atoms with E-state index in [-0.39, 0.29) is 5.91 Å². The number of aromatic nitrogens is 1. The Morgan fingerprint density at radius 1 is 1.21 bits per heavy atom. The molecule has 0 saturated carbocycles. The third-order valence-corrected chi connectivity index (χ3v) is 7.07. The summed E-state index contributed by atoms with van der Waals surface area (Å²) in [5.41, 5.74) is 6.17. The van der Waals surface area contributed by atoms with Crippen molar-refractivity contribution in [3.63, 3.8) is 0 Å². The number of pyridine rings is 1. The molecule has 33 heavy (non-hydrogen) atoms. The highest BCUT2D eigenvalue weighted by molar-refractivity contribution is 5.91. The minimum Gasteiger partial charge on any atom is -0.365 e. The van der Waals surface area contributed by atoms with Gasteiger partial charge in [0.05, 0.1) is 29.4 Å². The standard InChI is InChI=1S/C26H25N5O2/c1-28-25(33)26(30(2)16-32)12-20-10-18-4-5-22(29-23(18)11-21(20)13-26)15-31-8-7-19-9-17(14-27)3-6-24(19)31/h3-6,9-11,16H,7-8,12-13,15H2,1-2H3,(H,28,33). The number of likely N-dealkylation sites (N-methyl/N-ethyl adjacent to an activating group) is 2. The Morgan fingerprint density at radius 2 is 2.00 bits per heavy atom. The Labute approximate surface area is 192 Å². The van der Waals surface area contributed by atoms with E-state index in [1.807, 2.05) is 18.2 Å². The SMILES string of the molecule is CNC(=O)C1(N(C)C=O)Cc2cc3ccc(CN4CCc5cc(C#N)ccc54)nc3cc2C1. The van der Waals surface area contributed by atoms with E-state index in [1.54, 1.807) is 14.1 Å². The zero-order valence-electron chi connectivity index (χ0n) is 18.8. The molecule has 166 valence electrons. The number of amides is 2. The summed E-state index contributed by atoms with van der Waals surface area (Å²) in [5.74, 6) is -0.154. The summed E-state index contributed by atoms with van der Waals surface area (Å²) in [4.78, 5) is 33.0. The Hall–Kier alpha value is -3.92. The first-order valence-corrected chi connectivity index (χ1v) is 11.1. The van der Waals surface area contributed by atoms with E-state index in [4.69, 9.17) is 10.2 Å². The molecule has 0 fully saturated rings. The van der Waals surface area contributed by atoms with Crippen molar-refractivity contribution in [2.75, 3.05) is 25.5 Å². The third-order valence-electron chi connectivity index (χ3n) is 7.07. The fourth-order valence-corrected chi connectivity index (χ4v) is 5.22. The van der Waals surface area contributed by atoms with E-state index >= 15 is 0 Å². The second-order valence-corrected chi connectivity index (χ2v) is 8.92. The van der Waals surface area contributed by atoms with E-state index < -0.39 is 5.54 Å². The molecule has 1 aliphatic carbocycles. The molecule has 0 spiro atoms. The van der Waals surface area contributed by atoms with Gasteiger partial charge in [-0.1, -0.05) is 6.07 Å². The molecule has 1 N–H and O–H groups in total. The van der Waals surface area contributed by atoms with Crippen LogP contribution >= 0.6 is 0 Å². The number of hydrogen-bond acceptors (Lipinski definition) is 5. The number of rotatable bonds is 5. The minimum absolute atomic E-state index is 0.154. The molecule has 2 aromatic carbocycles. The van der Waals surface area contributed by atoms with Gasteiger partial charge in [-0.15, -0.1) is 0 Å². The van der Waals surface area contributed by atoms with Crippen LogP contribution in [0.15, 0.2) is 42.5 Å². The largest absolute Gasteiger partial charge is 0.365 e. The van der Waals surface area contributed by atoms with Crippen molar-refractivity contribution < 1.29 is 9.59 Å². The molecule has 2 aliphatic rings. The van der Waals surface area contributed by atoms with Crippen LogP contribution in [-0.2, 0) is 35.4 Å². The molecule has 1 unspecified atom stereocenters. The van der Waals surface area contributed by atoms with Gasteiger partial charge in [0, 0.05) is 44.6 Å². The van der Waals surface area contributed by atoms with Crippen molar-refractivity contribution in [1.82, 2.24) is 15.2 Å². The van der Waals surface area contributed by atoms with Crippen LogP contribution in [0.4, 0.5) is 5.69 Å². The summed E-state index contributed by atoms with van der Waals surface area (Å²) in [5, 5.41) is 12.9. The van der Waals surface area contributed by atoms with Crippen LogP contribution in [-0.4, -0.2) is 48.4 Å². The van der Waals surface area contributed by atoms with Crippen LogP contribution in [0.2, 0.25) is 0 Å². The summed E-state index contributed by atoms with van der Waals surface area (Å²) in [6.45, 7) is 1.60. The fraction of sp³-hybridized carbons (Fsp3) is 0.308. The van der Waals surface area contributed by atoms with Crippen molar-refractivity contribution in [1.29, 1.82) is 5.26 Å². The summed E-state index contributed by atoms with van der Waals surface area (Å²) in [6.07, 6.45) is 2.62. The predicted octanol–water partition coefficient (Wildman–Crippen LogP) is 2.34. The molecule has 1 aromatic heterocycles. The maximum atomic E-state index is 12.7. The Kier molecular flexibility index (Phi) is 5.01. The number of carbonyl (C=O) groups excluding carboxylic acids is 2. The van der Waals surface area contributed by atoms with Crippen LogP contribution in [0.3, 0.4) is 0 Å². The minimum atomic E-state index is -0.902. The lowest BCUT2D eigenvalue weighted by molar-refractivity contribution is -0.138. The van der Waals surface area contributed by atoms with Gasteiger partial charge in [0.2, 0.25) is 12.3 Å². The lowest BCUT2D eigenvalue weighted by Gasteiger charge is -2.34. The molecule has 7 heteroatoms. The summed E-state index contributed by atoms with van der Waals surface area (Å²) in [7, 11) is 3.27. The number of nitrogens with one attached hydrogen (secondary N) is 1. The molecule has 2 heterocycles. The van der Waals surface area contributed by atoms with Crippen molar-refractivity contribution >= 4 is 28.9 Å². The zero-order chi connectivity index (χ0) is 23.2. The van der Waals surface area contributed by atoms with Gasteiger partial charge < -0.3 is 15.1 Å². The number of fused-ring (bicyclic) bond motifs is 3. The number of carbonyl (C=O) groups is 2. The molecule has 5 rings (SSSR count). The Morgan fingerprint density at radius 3 is 2.73 bits per heavy atom. The zero-order valence-corrected chi connectivity index (χ0v) is 18.8. The van der Waals surface area contributed by atoms with Gasteiger partial charge in [-0.05, 0) is 59.5 Å². The highest BCUT2D eigenvalue weighted by atomic mass is 16.2. The lowest BCUT2D eigenvalue weighted by Crippen LogP contribution is -2.57. The topological polar surface area (TPSA) is 89.3 Å². The average Bonchev–Trinajstić information content (AvgIpc) is 3.42. The number of nitrogens with zero attached hydrogens (tertiary/aromatic N) is 4. The van der Waals surface area contributed by atoms with Gasteiger partial charge >= 0.3 is 0 Å². The van der Waals surface area contributed by atoms with Crippen LogP contribution in [0, 0.1) is 11.3 Å². The second kappa shape index (κ2) is 7.89. The van der Waals surface area contributed by atoms with Crippen molar-refractivity contribution in [2.45, 2.75) is 31.3 Å². The molecule has 1 atom stereocenters. The molecule has 3 aromatic rings. The second-order valence-electron chi connectivity index (χ2n) is 8.92. The van der Waals surface area contributed by atoms with Crippen molar-refractivity contribution in [3.8, 4) is 6.07 Å². The molecule has 0 saturated heterocycles. The van der Waals surface area contributed by atoms with Crippen molar-refractivity contribution in [3.05, 3.63) is 70.4 Å². The maximum absolute atomic E-state index is 12.7. The van der Waals surface area contributed by atoms with E-state index in [0.717, 1.165) is 52.8 Å². The summed E-state index contributed by atoms with van der Waals surface area (Å²) >= 11 is 0. The van der Waals surface area contributed by atoms with E-state index in [9.17, 15) is 9.59 Å². The summed E-state index contributed by atoms with van der Waals surface area (Å²) < 4.78 is 0. The Bertz CT molecular complexity index is 1330. The lowest BCUT2D eigenvalue weighted by atomic mass is 9.93. The smallest absolute Gasteiger partial charge is 0.246 e. The van der Waals surface area contributed by atoms with E-state index in [1.165, 1.54) is 10.5 Å².